The van der Waals surface area contributed by atoms with Crippen LogP contribution in [-0.4, -0.2) is 21.9 Å². The Kier molecular flexibility index (Phi) is 5.99. The van der Waals surface area contributed by atoms with Crippen LogP contribution in [0.25, 0.3) is 28.2 Å². The van der Waals surface area contributed by atoms with Crippen LogP contribution in [-0.2, 0) is 11.8 Å². The summed E-state index contributed by atoms with van der Waals surface area (Å²) in [5, 5.41) is 3.14. The summed E-state index contributed by atoms with van der Waals surface area (Å²) in [4.78, 5) is 39.1. The molecule has 0 atom stereocenters. The molecule has 0 aliphatic carbocycles. The smallest absolute Gasteiger partial charge is 0.295 e. The van der Waals surface area contributed by atoms with Crippen molar-refractivity contribution in [2.24, 2.45) is 7.05 Å². The summed E-state index contributed by atoms with van der Waals surface area (Å²) in [7, 11) is 1.72. The van der Waals surface area contributed by atoms with Gasteiger partial charge < -0.3 is 18.9 Å². The lowest BCUT2D eigenvalue weighted by molar-refractivity contribution is -0.118. The summed E-state index contributed by atoms with van der Waals surface area (Å²) in [5.74, 6) is -0.544. The van der Waals surface area contributed by atoms with Gasteiger partial charge in [0, 0.05) is 12.1 Å². The molecular weight excluding hydrogens is 486 g/mol. The maximum absolute atomic E-state index is 13.2. The van der Waals surface area contributed by atoms with Crippen molar-refractivity contribution >= 4 is 34.2 Å². The van der Waals surface area contributed by atoms with Gasteiger partial charge in [-0.15, -0.1) is 0 Å². The molecule has 3 heterocycles. The lowest BCUT2D eigenvalue weighted by atomic mass is 10.2. The quantitative estimate of drug-likeness (QED) is 0.363. The van der Waals surface area contributed by atoms with Crippen molar-refractivity contribution in [3.8, 4) is 23.0 Å². The Labute approximate surface area is 209 Å². The minimum atomic E-state index is -0.628. The van der Waals surface area contributed by atoms with Crippen LogP contribution in [0.5, 0.6) is 5.75 Å². The van der Waals surface area contributed by atoms with Gasteiger partial charge in [-0.2, -0.15) is 0 Å². The number of rotatable bonds is 6. The zero-order valence-electron chi connectivity index (χ0n) is 19.3. The minimum Gasteiger partial charge on any atom is -0.476 e. The number of para-hydroxylation sites is 1. The average molecular weight is 506 g/mol. The number of anilines is 1. The fourth-order valence-electron chi connectivity index (χ4n) is 3.88. The monoisotopic (exact) mass is 505 g/mol. The van der Waals surface area contributed by atoms with Gasteiger partial charge in [0.2, 0.25) is 16.9 Å². The summed E-state index contributed by atoms with van der Waals surface area (Å²) >= 11 is 6.05. The van der Waals surface area contributed by atoms with Crippen LogP contribution < -0.4 is 21.0 Å². The third kappa shape index (κ3) is 4.09. The van der Waals surface area contributed by atoms with Crippen LogP contribution in [0.3, 0.4) is 0 Å². The number of hydrogen-bond acceptors (Lipinski definition) is 6. The normalized spacial score (nSPS) is 11.1. The second-order valence-corrected chi connectivity index (χ2v) is 8.42. The van der Waals surface area contributed by atoms with Crippen LogP contribution in [0.4, 0.5) is 5.69 Å². The van der Waals surface area contributed by atoms with Crippen LogP contribution in [0.2, 0.25) is 5.02 Å². The summed E-state index contributed by atoms with van der Waals surface area (Å²) in [6.45, 7) is 1.16. The van der Waals surface area contributed by atoms with E-state index in [2.05, 4.69) is 5.32 Å². The average Bonchev–Trinajstić information content (AvgIpc) is 3.48. The van der Waals surface area contributed by atoms with Crippen molar-refractivity contribution in [2.45, 2.75) is 6.92 Å². The van der Waals surface area contributed by atoms with E-state index in [9.17, 15) is 14.4 Å². The summed E-state index contributed by atoms with van der Waals surface area (Å²) in [6.07, 6.45) is 1.42. The fourth-order valence-corrected chi connectivity index (χ4v) is 4.05. The number of halogens is 1. The number of aromatic nitrogens is 2. The molecule has 0 unspecified atom stereocenters. The molecule has 10 heteroatoms. The molecule has 1 amide bonds. The van der Waals surface area contributed by atoms with Gasteiger partial charge in [0.05, 0.1) is 23.0 Å². The van der Waals surface area contributed by atoms with E-state index in [-0.39, 0.29) is 33.9 Å². The number of carbonyl (C=O) groups is 1. The summed E-state index contributed by atoms with van der Waals surface area (Å²) in [5.41, 5.74) is 0.687. The van der Waals surface area contributed by atoms with Crippen LogP contribution in [0.1, 0.15) is 5.69 Å². The number of nitrogens with zero attached hydrogens (tertiary/aromatic N) is 2. The van der Waals surface area contributed by atoms with Gasteiger partial charge in [-0.1, -0.05) is 29.8 Å². The molecule has 0 saturated carbocycles. The van der Waals surface area contributed by atoms with Crippen molar-refractivity contribution in [1.82, 2.24) is 9.36 Å². The molecule has 1 N–H and O–H groups in total. The van der Waals surface area contributed by atoms with Gasteiger partial charge in [0.1, 0.15) is 11.3 Å². The van der Waals surface area contributed by atoms with E-state index in [0.717, 1.165) is 0 Å². The number of benzene rings is 2. The van der Waals surface area contributed by atoms with E-state index in [4.69, 9.17) is 25.2 Å². The second kappa shape index (κ2) is 9.27. The first-order chi connectivity index (χ1) is 17.3. The van der Waals surface area contributed by atoms with E-state index >= 15 is 0 Å². The lowest BCUT2D eigenvalue weighted by Crippen LogP contribution is -2.26. The predicted octanol–water partition coefficient (Wildman–Crippen LogP) is 4.52. The molecule has 0 radical (unpaired) electrons. The zero-order valence-corrected chi connectivity index (χ0v) is 20.0. The van der Waals surface area contributed by atoms with Crippen LogP contribution in [0.15, 0.2) is 85.4 Å². The molecule has 0 bridgehead atoms. The maximum Gasteiger partial charge on any atom is 0.295 e. The Morgan fingerprint density at radius 3 is 2.58 bits per heavy atom. The molecule has 0 saturated heterocycles. The number of furan rings is 1. The topological polar surface area (TPSA) is 109 Å². The molecule has 36 heavy (non-hydrogen) atoms. The Morgan fingerprint density at radius 1 is 1.08 bits per heavy atom. The summed E-state index contributed by atoms with van der Waals surface area (Å²) in [6, 6.07) is 16.9. The Bertz CT molecular complexity index is 1700. The SMILES string of the molecule is Cc1c(NC(=O)COc2c(-c3ccco3)oc3ccc(Cl)cc3c2=O)c(=O)n(-c2ccccc2)n1C. The molecule has 0 fully saturated rings. The Hall–Kier alpha value is -4.50. The molecule has 0 aliphatic rings. The highest BCUT2D eigenvalue weighted by atomic mass is 35.5. The first-order valence-corrected chi connectivity index (χ1v) is 11.3. The number of hydrogen-bond donors (Lipinski definition) is 1. The van der Waals surface area contributed by atoms with E-state index in [1.165, 1.54) is 17.0 Å². The first-order valence-electron chi connectivity index (χ1n) is 10.9. The molecule has 0 spiro atoms. The highest BCUT2D eigenvalue weighted by Crippen LogP contribution is 2.32. The summed E-state index contributed by atoms with van der Waals surface area (Å²) < 4.78 is 20.0. The number of amides is 1. The Balaban J connectivity index is 1.45. The van der Waals surface area contributed by atoms with Crippen molar-refractivity contribution in [1.29, 1.82) is 0 Å². The van der Waals surface area contributed by atoms with Gasteiger partial charge in [-0.3, -0.25) is 19.1 Å². The number of fused-ring (bicyclic) bond motifs is 1. The molecule has 182 valence electrons. The molecule has 5 rings (SSSR count). The highest BCUT2D eigenvalue weighted by molar-refractivity contribution is 6.31. The number of ether oxygens (including phenoxy) is 1. The number of nitrogens with one attached hydrogen (secondary N) is 1. The van der Waals surface area contributed by atoms with Crippen molar-refractivity contribution < 1.29 is 18.4 Å². The zero-order chi connectivity index (χ0) is 25.4. The largest absolute Gasteiger partial charge is 0.476 e. The lowest BCUT2D eigenvalue weighted by Gasteiger charge is -2.10. The van der Waals surface area contributed by atoms with Crippen LogP contribution >= 0.6 is 11.6 Å². The van der Waals surface area contributed by atoms with Gasteiger partial charge in [-0.25, -0.2) is 4.68 Å². The van der Waals surface area contributed by atoms with Crippen molar-refractivity contribution in [2.75, 3.05) is 11.9 Å². The van der Waals surface area contributed by atoms with Gasteiger partial charge in [0.25, 0.3) is 11.5 Å². The highest BCUT2D eigenvalue weighted by Gasteiger charge is 2.22. The van der Waals surface area contributed by atoms with E-state index < -0.39 is 23.5 Å². The predicted molar refractivity (Wildman–Crippen MR) is 135 cm³/mol. The van der Waals surface area contributed by atoms with Gasteiger partial charge in [-0.05, 0) is 49.4 Å². The van der Waals surface area contributed by atoms with Crippen molar-refractivity contribution in [3.63, 3.8) is 0 Å². The first kappa shape index (κ1) is 23.3. The third-order valence-corrected chi connectivity index (χ3v) is 5.96. The minimum absolute atomic E-state index is 0.0370. The molecule has 9 nitrogen and oxygen atoms in total. The van der Waals surface area contributed by atoms with E-state index in [0.29, 0.717) is 16.4 Å². The second-order valence-electron chi connectivity index (χ2n) is 7.98. The number of carbonyl (C=O) groups excluding carboxylic acids is 1. The molecular formula is C26H20ClN3O6. The molecule has 2 aromatic carbocycles. The third-order valence-electron chi connectivity index (χ3n) is 5.72. The standard InChI is InChI=1S/C26H20ClN3O6/c1-15-22(26(33)30(29(15)2)17-7-4-3-5-8-17)28-21(31)14-35-25-23(32)18-13-16(27)10-11-19(18)36-24(25)20-9-6-12-34-20/h3-13H,14H2,1-2H3,(H,28,31). The molecule has 0 aliphatic heterocycles. The van der Waals surface area contributed by atoms with E-state index in [1.54, 1.807) is 55.1 Å². The van der Waals surface area contributed by atoms with Crippen molar-refractivity contribution in [3.05, 3.63) is 98.2 Å². The van der Waals surface area contributed by atoms with Gasteiger partial charge in [0.15, 0.2) is 12.4 Å². The van der Waals surface area contributed by atoms with Crippen LogP contribution in [0, 0.1) is 6.92 Å². The molecule has 5 aromatic rings. The van der Waals surface area contributed by atoms with E-state index in [1.807, 2.05) is 18.2 Å². The maximum atomic E-state index is 13.2. The fraction of sp³-hybridized carbons (Fsp3) is 0.115. The Morgan fingerprint density at radius 2 is 1.86 bits per heavy atom. The molecule has 3 aromatic heterocycles. The van der Waals surface area contributed by atoms with Gasteiger partial charge >= 0.3 is 0 Å².